The SMILES string of the molecule is COc1cc2nccc(Oc3ccc(NC(=O)c4cn(C)c(=O)n(-c5ccc(F)cc5)c4=O)c(C)c3)c2cc1OC. The molecule has 0 fully saturated rings. The maximum atomic E-state index is 13.4. The molecule has 0 bridgehead atoms. The van der Waals surface area contributed by atoms with Crippen LogP contribution in [-0.2, 0) is 7.05 Å². The van der Waals surface area contributed by atoms with E-state index in [1.54, 1.807) is 63.7 Å². The van der Waals surface area contributed by atoms with Crippen molar-refractivity contribution in [3.63, 3.8) is 0 Å². The Kier molecular flexibility index (Phi) is 7.26. The highest BCUT2D eigenvalue weighted by atomic mass is 19.1. The van der Waals surface area contributed by atoms with Gasteiger partial charge < -0.3 is 24.1 Å². The molecule has 0 aliphatic rings. The quantitative estimate of drug-likeness (QED) is 0.312. The molecule has 0 saturated heterocycles. The first kappa shape index (κ1) is 27.1. The number of rotatable bonds is 7. The van der Waals surface area contributed by atoms with Crippen LogP contribution in [0.15, 0.2) is 82.6 Å². The van der Waals surface area contributed by atoms with E-state index in [9.17, 15) is 18.8 Å². The Morgan fingerprint density at radius 1 is 0.927 bits per heavy atom. The number of methoxy groups -OCH3 is 2. The molecular formula is C30H25FN4O6. The van der Waals surface area contributed by atoms with Gasteiger partial charge in [-0.15, -0.1) is 0 Å². The van der Waals surface area contributed by atoms with Crippen LogP contribution in [0.1, 0.15) is 15.9 Å². The lowest BCUT2D eigenvalue weighted by molar-refractivity contribution is 0.102. The van der Waals surface area contributed by atoms with E-state index in [-0.39, 0.29) is 11.3 Å². The number of amides is 1. The lowest BCUT2D eigenvalue weighted by Gasteiger charge is -2.14. The predicted molar refractivity (Wildman–Crippen MR) is 151 cm³/mol. The molecule has 3 aromatic carbocycles. The van der Waals surface area contributed by atoms with Gasteiger partial charge in [0.05, 0.1) is 25.4 Å². The Labute approximate surface area is 233 Å². The van der Waals surface area contributed by atoms with Gasteiger partial charge in [-0.25, -0.2) is 13.8 Å². The number of carbonyl (C=O) groups excluding carboxylic acids is 1. The van der Waals surface area contributed by atoms with Gasteiger partial charge in [-0.3, -0.25) is 14.6 Å². The maximum absolute atomic E-state index is 13.4. The van der Waals surface area contributed by atoms with Gasteiger partial charge in [-0.2, -0.15) is 0 Å². The van der Waals surface area contributed by atoms with Crippen LogP contribution in [0.2, 0.25) is 0 Å². The average Bonchev–Trinajstić information content (AvgIpc) is 2.96. The minimum atomic E-state index is -0.827. The van der Waals surface area contributed by atoms with E-state index in [1.165, 1.54) is 25.4 Å². The summed E-state index contributed by atoms with van der Waals surface area (Å²) in [4.78, 5) is 43.4. The summed E-state index contributed by atoms with van der Waals surface area (Å²) >= 11 is 0. The number of carbonyl (C=O) groups is 1. The number of hydrogen-bond donors (Lipinski definition) is 1. The second-order valence-electron chi connectivity index (χ2n) is 9.12. The van der Waals surface area contributed by atoms with Gasteiger partial charge in [-0.05, 0) is 67.1 Å². The number of pyridine rings is 1. The van der Waals surface area contributed by atoms with Gasteiger partial charge in [0.25, 0.3) is 11.5 Å². The van der Waals surface area contributed by atoms with Crippen molar-refractivity contribution in [2.24, 2.45) is 7.05 Å². The van der Waals surface area contributed by atoms with Gasteiger partial charge in [-0.1, -0.05) is 0 Å². The maximum Gasteiger partial charge on any atom is 0.335 e. The van der Waals surface area contributed by atoms with Gasteiger partial charge >= 0.3 is 5.69 Å². The first-order valence-electron chi connectivity index (χ1n) is 12.4. The van der Waals surface area contributed by atoms with Crippen molar-refractivity contribution >= 4 is 22.5 Å². The zero-order valence-electron chi connectivity index (χ0n) is 22.6. The molecule has 0 aliphatic carbocycles. The zero-order chi connectivity index (χ0) is 29.3. The summed E-state index contributed by atoms with van der Waals surface area (Å²) in [5.41, 5.74) is 0.145. The van der Waals surface area contributed by atoms with Crippen molar-refractivity contribution in [3.8, 4) is 28.7 Å². The second-order valence-corrected chi connectivity index (χ2v) is 9.12. The van der Waals surface area contributed by atoms with Crippen LogP contribution in [0.5, 0.6) is 23.0 Å². The van der Waals surface area contributed by atoms with Crippen molar-refractivity contribution in [2.45, 2.75) is 6.92 Å². The molecule has 41 heavy (non-hydrogen) atoms. The zero-order valence-corrected chi connectivity index (χ0v) is 22.6. The minimum absolute atomic E-state index is 0.143. The number of anilines is 1. The highest BCUT2D eigenvalue weighted by molar-refractivity contribution is 6.04. The van der Waals surface area contributed by atoms with Crippen LogP contribution in [0.4, 0.5) is 10.1 Å². The standard InChI is InChI=1S/C30H25FN4O6/c1-17-13-20(41-25-11-12-32-24-15-27(40-4)26(39-3)14-21(24)25)9-10-23(17)33-28(36)22-16-34(2)30(38)35(29(22)37)19-7-5-18(31)6-8-19/h5-16H,1-4H3,(H,33,36). The summed E-state index contributed by atoms with van der Waals surface area (Å²) < 4.78 is 32.2. The van der Waals surface area contributed by atoms with E-state index in [0.717, 1.165) is 21.3 Å². The fourth-order valence-electron chi connectivity index (χ4n) is 4.34. The summed E-state index contributed by atoms with van der Waals surface area (Å²) in [7, 11) is 4.52. The topological polar surface area (TPSA) is 114 Å². The first-order chi connectivity index (χ1) is 19.7. The highest BCUT2D eigenvalue weighted by Gasteiger charge is 2.19. The van der Waals surface area contributed by atoms with Crippen LogP contribution in [0.25, 0.3) is 16.6 Å². The third kappa shape index (κ3) is 5.24. The van der Waals surface area contributed by atoms with Gasteiger partial charge in [0.2, 0.25) is 0 Å². The molecule has 1 N–H and O–H groups in total. The number of aryl methyl sites for hydroxylation is 2. The molecule has 5 rings (SSSR count). The monoisotopic (exact) mass is 556 g/mol. The van der Waals surface area contributed by atoms with Crippen molar-refractivity contribution < 1.29 is 23.4 Å². The van der Waals surface area contributed by atoms with Crippen LogP contribution in [0.3, 0.4) is 0 Å². The number of aromatic nitrogens is 3. The Balaban J connectivity index is 1.42. The summed E-state index contributed by atoms with van der Waals surface area (Å²) in [6.07, 6.45) is 2.79. The fourth-order valence-corrected chi connectivity index (χ4v) is 4.34. The van der Waals surface area contributed by atoms with E-state index in [2.05, 4.69) is 10.3 Å². The third-order valence-electron chi connectivity index (χ3n) is 6.46. The number of nitrogens with zero attached hydrogens (tertiary/aromatic N) is 3. The van der Waals surface area contributed by atoms with Crippen LogP contribution in [0, 0.1) is 12.7 Å². The lowest BCUT2D eigenvalue weighted by Crippen LogP contribution is -2.41. The number of halogens is 1. The van der Waals surface area contributed by atoms with Gasteiger partial charge in [0.15, 0.2) is 11.5 Å². The largest absolute Gasteiger partial charge is 0.493 e. The molecule has 0 spiro atoms. The van der Waals surface area contributed by atoms with E-state index >= 15 is 0 Å². The molecule has 0 unspecified atom stereocenters. The van der Waals surface area contributed by atoms with Crippen molar-refractivity contribution in [1.82, 2.24) is 14.1 Å². The highest BCUT2D eigenvalue weighted by Crippen LogP contribution is 2.37. The Morgan fingerprint density at radius 2 is 1.63 bits per heavy atom. The number of nitrogens with one attached hydrogen (secondary N) is 1. The average molecular weight is 557 g/mol. The summed E-state index contributed by atoms with van der Waals surface area (Å²) in [6.45, 7) is 1.78. The molecule has 11 heteroatoms. The first-order valence-corrected chi connectivity index (χ1v) is 12.4. The molecule has 208 valence electrons. The van der Waals surface area contributed by atoms with Crippen LogP contribution < -0.4 is 30.8 Å². The summed E-state index contributed by atoms with van der Waals surface area (Å²) in [5.74, 6) is 0.890. The molecular weight excluding hydrogens is 531 g/mol. The molecule has 0 radical (unpaired) electrons. The molecule has 0 saturated carbocycles. The molecule has 2 aromatic heterocycles. The molecule has 0 aliphatic heterocycles. The molecule has 1 amide bonds. The second kappa shape index (κ2) is 11.0. The lowest BCUT2D eigenvalue weighted by atomic mass is 10.1. The molecule has 5 aromatic rings. The predicted octanol–water partition coefficient (Wildman–Crippen LogP) is 4.59. The third-order valence-corrected chi connectivity index (χ3v) is 6.46. The normalized spacial score (nSPS) is 10.9. The van der Waals surface area contributed by atoms with Crippen LogP contribution in [-0.4, -0.2) is 34.2 Å². The van der Waals surface area contributed by atoms with E-state index in [1.807, 2.05) is 0 Å². The van der Waals surface area contributed by atoms with Gasteiger partial charge in [0, 0.05) is 36.6 Å². The fraction of sp³-hybridized carbons (Fsp3) is 0.133. The number of ether oxygens (including phenoxy) is 3. The van der Waals surface area contributed by atoms with E-state index in [0.29, 0.717) is 45.2 Å². The van der Waals surface area contributed by atoms with E-state index < -0.39 is 23.0 Å². The minimum Gasteiger partial charge on any atom is -0.493 e. The molecule has 2 heterocycles. The Morgan fingerprint density at radius 3 is 2.32 bits per heavy atom. The Bertz CT molecular complexity index is 1910. The van der Waals surface area contributed by atoms with Crippen LogP contribution >= 0.6 is 0 Å². The van der Waals surface area contributed by atoms with Crippen molar-refractivity contribution in [3.05, 3.63) is 111 Å². The smallest absolute Gasteiger partial charge is 0.335 e. The summed E-state index contributed by atoms with van der Waals surface area (Å²) in [6, 6.07) is 15.2. The summed E-state index contributed by atoms with van der Waals surface area (Å²) in [5, 5.41) is 3.44. The van der Waals surface area contributed by atoms with E-state index in [4.69, 9.17) is 14.2 Å². The van der Waals surface area contributed by atoms with Gasteiger partial charge in [0.1, 0.15) is 22.9 Å². The molecule has 0 atom stereocenters. The Hall–Kier alpha value is -5.45. The van der Waals surface area contributed by atoms with Crippen molar-refractivity contribution in [2.75, 3.05) is 19.5 Å². The number of hydrogen-bond acceptors (Lipinski definition) is 7. The molecule has 10 nitrogen and oxygen atoms in total. The van der Waals surface area contributed by atoms with Crippen molar-refractivity contribution in [1.29, 1.82) is 0 Å². The number of benzene rings is 3. The number of fused-ring (bicyclic) bond motifs is 1.